The van der Waals surface area contributed by atoms with Gasteiger partial charge in [0, 0.05) is 25.2 Å². The van der Waals surface area contributed by atoms with Crippen LogP contribution in [0.3, 0.4) is 0 Å². The summed E-state index contributed by atoms with van der Waals surface area (Å²) in [6.07, 6.45) is 0. The van der Waals surface area contributed by atoms with Crippen LogP contribution in [0.15, 0.2) is 91.0 Å². The fourth-order valence-electron chi connectivity index (χ4n) is 3.52. The molecule has 5 aromatic rings. The van der Waals surface area contributed by atoms with Crippen molar-refractivity contribution in [1.82, 2.24) is 0 Å². The van der Waals surface area contributed by atoms with Gasteiger partial charge < -0.3 is 0 Å². The third kappa shape index (κ3) is 2.61. The summed E-state index contributed by atoms with van der Waals surface area (Å²) in [4.78, 5) is 0. The molecule has 4 aromatic carbocycles. The summed E-state index contributed by atoms with van der Waals surface area (Å²) < 4.78 is 2.65. The topological polar surface area (TPSA) is 0 Å². The van der Waals surface area contributed by atoms with Crippen molar-refractivity contribution in [3.8, 4) is 22.3 Å². The van der Waals surface area contributed by atoms with E-state index >= 15 is 0 Å². The maximum absolute atomic E-state index is 6.30. The molecular formula is C24H15ClS. The number of halogens is 1. The van der Waals surface area contributed by atoms with Crippen molar-refractivity contribution in [1.29, 1.82) is 0 Å². The number of rotatable bonds is 2. The predicted molar refractivity (Wildman–Crippen MR) is 115 cm³/mol. The number of benzene rings is 4. The van der Waals surface area contributed by atoms with Crippen molar-refractivity contribution < 1.29 is 0 Å². The Morgan fingerprint density at radius 2 is 1.31 bits per heavy atom. The van der Waals surface area contributed by atoms with Crippen LogP contribution in [0.1, 0.15) is 0 Å². The summed E-state index contributed by atoms with van der Waals surface area (Å²) in [6.45, 7) is 0. The second-order valence-electron chi connectivity index (χ2n) is 6.37. The van der Waals surface area contributed by atoms with Crippen molar-refractivity contribution in [3.63, 3.8) is 0 Å². The Kier molecular flexibility index (Phi) is 3.77. The van der Waals surface area contributed by atoms with Crippen molar-refractivity contribution in [2.24, 2.45) is 0 Å². The van der Waals surface area contributed by atoms with Crippen LogP contribution in [0.25, 0.3) is 42.4 Å². The van der Waals surface area contributed by atoms with E-state index in [1.54, 1.807) is 0 Å². The molecule has 0 saturated carbocycles. The first-order valence-electron chi connectivity index (χ1n) is 8.56. The van der Waals surface area contributed by atoms with Gasteiger partial charge in [0.05, 0.1) is 0 Å². The van der Waals surface area contributed by atoms with Crippen LogP contribution in [0.4, 0.5) is 0 Å². The Bertz CT molecular complexity index is 1240. The zero-order valence-electron chi connectivity index (χ0n) is 13.9. The van der Waals surface area contributed by atoms with Gasteiger partial charge in [-0.3, -0.25) is 0 Å². The second kappa shape index (κ2) is 6.28. The van der Waals surface area contributed by atoms with E-state index in [0.29, 0.717) is 0 Å². The van der Waals surface area contributed by atoms with E-state index in [1.165, 1.54) is 42.4 Å². The molecule has 0 bridgehead atoms. The monoisotopic (exact) mass is 370 g/mol. The molecule has 0 saturated heterocycles. The molecule has 0 nitrogen and oxygen atoms in total. The summed E-state index contributed by atoms with van der Waals surface area (Å²) in [7, 11) is 0. The lowest BCUT2D eigenvalue weighted by Crippen LogP contribution is -1.85. The van der Waals surface area contributed by atoms with Gasteiger partial charge in [-0.25, -0.2) is 0 Å². The van der Waals surface area contributed by atoms with Crippen LogP contribution in [0.5, 0.6) is 0 Å². The van der Waals surface area contributed by atoms with E-state index in [0.717, 1.165) is 5.02 Å². The molecule has 0 radical (unpaired) electrons. The number of hydrogen-bond acceptors (Lipinski definition) is 1. The fourth-order valence-corrected chi connectivity index (χ4v) is 4.84. The summed E-state index contributed by atoms with van der Waals surface area (Å²) in [5.74, 6) is 0. The van der Waals surface area contributed by atoms with Crippen LogP contribution in [0, 0.1) is 0 Å². The second-order valence-corrected chi connectivity index (χ2v) is 7.89. The van der Waals surface area contributed by atoms with Crippen molar-refractivity contribution in [2.75, 3.05) is 0 Å². The van der Waals surface area contributed by atoms with Gasteiger partial charge in [-0.1, -0.05) is 78.3 Å². The van der Waals surface area contributed by atoms with Gasteiger partial charge >= 0.3 is 0 Å². The number of fused-ring (bicyclic) bond motifs is 3. The fraction of sp³-hybridized carbons (Fsp3) is 0. The summed E-state index contributed by atoms with van der Waals surface area (Å²) in [5, 5.41) is 3.42. The molecule has 0 atom stereocenters. The summed E-state index contributed by atoms with van der Waals surface area (Å²) in [6, 6.07) is 31.9. The summed E-state index contributed by atoms with van der Waals surface area (Å²) >= 11 is 8.15. The van der Waals surface area contributed by atoms with Gasteiger partial charge in [0.1, 0.15) is 0 Å². The van der Waals surface area contributed by atoms with E-state index in [9.17, 15) is 0 Å². The zero-order valence-corrected chi connectivity index (χ0v) is 15.5. The third-order valence-corrected chi connectivity index (χ3v) is 6.12. The largest absolute Gasteiger partial charge is 0.135 e. The van der Waals surface area contributed by atoms with Crippen molar-refractivity contribution in [3.05, 3.63) is 96.0 Å². The molecule has 1 aromatic heterocycles. The van der Waals surface area contributed by atoms with E-state index in [2.05, 4.69) is 78.9 Å². The average molecular weight is 371 g/mol. The molecule has 1 heterocycles. The molecule has 5 rings (SSSR count). The Labute approximate surface area is 161 Å². The molecule has 26 heavy (non-hydrogen) atoms. The molecule has 0 unspecified atom stereocenters. The first-order valence-corrected chi connectivity index (χ1v) is 9.76. The lowest BCUT2D eigenvalue weighted by atomic mass is 9.94. The minimum absolute atomic E-state index is 0.760. The zero-order chi connectivity index (χ0) is 17.5. The van der Waals surface area contributed by atoms with Gasteiger partial charge in [-0.05, 0) is 46.5 Å². The van der Waals surface area contributed by atoms with Gasteiger partial charge in [-0.15, -0.1) is 11.3 Å². The maximum atomic E-state index is 6.30. The highest BCUT2D eigenvalue weighted by Crippen LogP contribution is 2.39. The minimum atomic E-state index is 0.760. The smallest absolute Gasteiger partial charge is 0.0412 e. The third-order valence-electron chi connectivity index (χ3n) is 4.76. The molecule has 0 aliphatic heterocycles. The van der Waals surface area contributed by atoms with E-state index in [1.807, 2.05) is 23.5 Å². The lowest BCUT2D eigenvalue weighted by Gasteiger charge is -2.11. The van der Waals surface area contributed by atoms with Crippen LogP contribution in [-0.4, -0.2) is 0 Å². The molecule has 0 N–H and O–H groups in total. The van der Waals surface area contributed by atoms with Crippen molar-refractivity contribution >= 4 is 43.1 Å². The first kappa shape index (κ1) is 15.6. The van der Waals surface area contributed by atoms with Crippen LogP contribution < -0.4 is 0 Å². The normalized spacial score (nSPS) is 11.3. The SMILES string of the molecule is Clc1ccc(-c2ccc3c(c2)sc2ccccc23)c(-c2ccccc2)c1. The Hall–Kier alpha value is -2.61. The summed E-state index contributed by atoms with van der Waals surface area (Å²) in [5.41, 5.74) is 4.78. The van der Waals surface area contributed by atoms with Gasteiger partial charge in [0.25, 0.3) is 0 Å². The van der Waals surface area contributed by atoms with E-state index < -0.39 is 0 Å². The standard InChI is InChI=1S/C24H15ClS/c25-18-11-13-19(22(15-18)16-6-2-1-3-7-16)17-10-12-21-20-8-4-5-9-23(20)26-24(21)14-17/h1-15H. The highest BCUT2D eigenvalue weighted by atomic mass is 35.5. The number of hydrogen-bond donors (Lipinski definition) is 0. The molecule has 124 valence electrons. The maximum Gasteiger partial charge on any atom is 0.0412 e. The molecule has 0 aliphatic rings. The molecule has 0 fully saturated rings. The molecule has 0 amide bonds. The Morgan fingerprint density at radius 3 is 2.19 bits per heavy atom. The van der Waals surface area contributed by atoms with Crippen LogP contribution >= 0.6 is 22.9 Å². The number of thiophene rings is 1. The van der Waals surface area contributed by atoms with Gasteiger partial charge in [-0.2, -0.15) is 0 Å². The predicted octanol–water partition coefficient (Wildman–Crippen LogP) is 8.04. The van der Waals surface area contributed by atoms with Crippen molar-refractivity contribution in [2.45, 2.75) is 0 Å². The molecule has 0 spiro atoms. The first-order chi connectivity index (χ1) is 12.8. The molecule has 2 heteroatoms. The van der Waals surface area contributed by atoms with Crippen LogP contribution in [0.2, 0.25) is 5.02 Å². The minimum Gasteiger partial charge on any atom is -0.135 e. The molecular weight excluding hydrogens is 356 g/mol. The highest BCUT2D eigenvalue weighted by molar-refractivity contribution is 7.25. The molecule has 0 aliphatic carbocycles. The Balaban J connectivity index is 1.74. The van der Waals surface area contributed by atoms with Gasteiger partial charge in [0.15, 0.2) is 0 Å². The van der Waals surface area contributed by atoms with E-state index in [-0.39, 0.29) is 0 Å². The van der Waals surface area contributed by atoms with Gasteiger partial charge in [0.2, 0.25) is 0 Å². The average Bonchev–Trinajstić information content (AvgIpc) is 3.06. The Morgan fingerprint density at radius 1 is 0.538 bits per heavy atom. The highest BCUT2D eigenvalue weighted by Gasteiger charge is 2.11. The lowest BCUT2D eigenvalue weighted by molar-refractivity contribution is 1.60. The van der Waals surface area contributed by atoms with E-state index in [4.69, 9.17) is 11.6 Å². The van der Waals surface area contributed by atoms with Crippen LogP contribution in [-0.2, 0) is 0 Å². The quantitative estimate of drug-likeness (QED) is 0.295.